The van der Waals surface area contributed by atoms with E-state index in [-0.39, 0.29) is 16.9 Å². The van der Waals surface area contributed by atoms with E-state index in [4.69, 9.17) is 4.74 Å². The molecule has 3 heterocycles. The Labute approximate surface area is 178 Å². The molecule has 30 heavy (non-hydrogen) atoms. The Bertz CT molecular complexity index is 1240. The van der Waals surface area contributed by atoms with Crippen molar-refractivity contribution in [2.75, 3.05) is 13.6 Å². The SMILES string of the molecule is CCn1c2c(c3ccccc31)C[C@@]1(C)[C@H]3Cc4ccc(C)c5c4[C@@]1(CCN3C)[C@H]2O5. The van der Waals surface area contributed by atoms with Gasteiger partial charge in [0.05, 0.1) is 11.1 Å². The molecule has 4 aliphatic rings. The predicted molar refractivity (Wildman–Crippen MR) is 120 cm³/mol. The number of fused-ring (bicyclic) bond motifs is 4. The lowest BCUT2D eigenvalue weighted by molar-refractivity contribution is -0.0913. The molecule has 2 aromatic carbocycles. The highest BCUT2D eigenvalue weighted by molar-refractivity contribution is 5.87. The summed E-state index contributed by atoms with van der Waals surface area (Å²) in [5, 5.41) is 1.44. The van der Waals surface area contributed by atoms with Crippen LogP contribution >= 0.6 is 0 Å². The van der Waals surface area contributed by atoms with Crippen LogP contribution in [0.5, 0.6) is 5.75 Å². The summed E-state index contributed by atoms with van der Waals surface area (Å²) in [6.07, 6.45) is 3.62. The Morgan fingerprint density at radius 1 is 1.17 bits per heavy atom. The van der Waals surface area contributed by atoms with Gasteiger partial charge in [-0.1, -0.05) is 37.3 Å². The summed E-state index contributed by atoms with van der Waals surface area (Å²) in [5.41, 5.74) is 9.07. The van der Waals surface area contributed by atoms with Gasteiger partial charge >= 0.3 is 0 Å². The average molecular weight is 399 g/mol. The van der Waals surface area contributed by atoms with Crippen molar-refractivity contribution < 1.29 is 4.74 Å². The minimum atomic E-state index is 0.0907. The fraction of sp³-hybridized carbons (Fsp3) is 0.481. The third kappa shape index (κ3) is 1.65. The first-order valence-corrected chi connectivity index (χ1v) is 11.6. The maximum Gasteiger partial charge on any atom is 0.149 e. The molecule has 1 saturated heterocycles. The van der Waals surface area contributed by atoms with Gasteiger partial charge in [-0.15, -0.1) is 0 Å². The van der Waals surface area contributed by atoms with Gasteiger partial charge in [0, 0.05) is 34.5 Å². The summed E-state index contributed by atoms with van der Waals surface area (Å²) in [4.78, 5) is 2.65. The van der Waals surface area contributed by atoms with Crippen molar-refractivity contribution in [3.05, 3.63) is 64.3 Å². The number of piperidine rings is 1. The van der Waals surface area contributed by atoms with Crippen LogP contribution in [0, 0.1) is 12.3 Å². The van der Waals surface area contributed by atoms with E-state index in [0.717, 1.165) is 25.9 Å². The van der Waals surface area contributed by atoms with Crippen LogP contribution in [0.1, 0.15) is 54.3 Å². The third-order valence-electron chi connectivity index (χ3n) is 9.36. The smallest absolute Gasteiger partial charge is 0.149 e. The minimum absolute atomic E-state index is 0.0907. The summed E-state index contributed by atoms with van der Waals surface area (Å²) < 4.78 is 9.63. The molecule has 2 aliphatic carbocycles. The zero-order valence-corrected chi connectivity index (χ0v) is 18.5. The van der Waals surface area contributed by atoms with Crippen molar-refractivity contribution in [2.24, 2.45) is 5.41 Å². The fourth-order valence-electron chi connectivity index (χ4n) is 8.05. The van der Waals surface area contributed by atoms with Gasteiger partial charge in [-0.2, -0.15) is 0 Å². The molecule has 0 saturated carbocycles. The minimum Gasteiger partial charge on any atom is -0.483 e. The second kappa shape index (κ2) is 5.31. The van der Waals surface area contributed by atoms with Crippen molar-refractivity contribution in [1.29, 1.82) is 0 Å². The van der Waals surface area contributed by atoms with Crippen LogP contribution in [0.15, 0.2) is 36.4 Å². The van der Waals surface area contributed by atoms with Gasteiger partial charge in [0.2, 0.25) is 0 Å². The number of aryl methyl sites for hydroxylation is 2. The molecule has 7 rings (SSSR count). The Balaban J connectivity index is 1.63. The molecular weight excluding hydrogens is 368 g/mol. The molecule has 1 aromatic heterocycles. The summed E-state index contributed by atoms with van der Waals surface area (Å²) in [5.74, 6) is 1.20. The number of ether oxygens (including phenoxy) is 1. The van der Waals surface area contributed by atoms with Crippen LogP contribution in [0.4, 0.5) is 0 Å². The van der Waals surface area contributed by atoms with E-state index >= 15 is 0 Å². The molecule has 0 amide bonds. The van der Waals surface area contributed by atoms with Crippen molar-refractivity contribution >= 4 is 10.9 Å². The topological polar surface area (TPSA) is 17.4 Å². The lowest BCUT2D eigenvalue weighted by Gasteiger charge is -2.64. The van der Waals surface area contributed by atoms with Crippen LogP contribution < -0.4 is 4.74 Å². The third-order valence-corrected chi connectivity index (χ3v) is 9.36. The molecule has 0 N–H and O–H groups in total. The monoisotopic (exact) mass is 398 g/mol. The molecule has 2 bridgehead atoms. The number of likely N-dealkylation sites (N-methyl/N-ethyl adjacent to an activating group) is 1. The van der Waals surface area contributed by atoms with E-state index in [1.807, 2.05) is 0 Å². The highest BCUT2D eigenvalue weighted by atomic mass is 16.5. The molecule has 0 radical (unpaired) electrons. The second-order valence-corrected chi connectivity index (χ2v) is 10.4. The standard InChI is InChI=1S/C27H30N2O/c1-5-29-20-9-7-6-8-18(20)19-15-26(3)21-14-17-11-10-16(2)24-22(17)27(26,12-13-28(21)4)25(30-24)23(19)29/h6-11,21,25H,5,12-15H2,1-4H3/t21-,25+,26+,27+/m1/s1. The van der Waals surface area contributed by atoms with E-state index in [1.54, 1.807) is 11.1 Å². The van der Waals surface area contributed by atoms with Crippen LogP contribution in [0.2, 0.25) is 0 Å². The first-order chi connectivity index (χ1) is 14.5. The normalized spacial score (nSPS) is 33.3. The molecular formula is C27H30N2O. The lowest BCUT2D eigenvalue weighted by Crippen LogP contribution is -2.68. The number of benzene rings is 2. The van der Waals surface area contributed by atoms with Crippen LogP contribution in [-0.2, 0) is 24.8 Å². The number of hydrogen-bond donors (Lipinski definition) is 0. The summed E-state index contributed by atoms with van der Waals surface area (Å²) in [7, 11) is 2.35. The van der Waals surface area contributed by atoms with Crippen molar-refractivity contribution in [3.8, 4) is 5.75 Å². The quantitative estimate of drug-likeness (QED) is 0.563. The summed E-state index contributed by atoms with van der Waals surface area (Å²) in [6, 6.07) is 14.3. The maximum absolute atomic E-state index is 7.07. The average Bonchev–Trinajstić information content (AvgIpc) is 3.25. The Kier molecular flexibility index (Phi) is 3.09. The first-order valence-electron chi connectivity index (χ1n) is 11.6. The molecule has 4 atom stereocenters. The lowest BCUT2D eigenvalue weighted by atomic mass is 9.44. The molecule has 3 nitrogen and oxygen atoms in total. The van der Waals surface area contributed by atoms with E-state index in [0.29, 0.717) is 6.04 Å². The number of aromatic nitrogens is 1. The van der Waals surface area contributed by atoms with E-state index in [1.165, 1.54) is 39.9 Å². The molecule has 2 aliphatic heterocycles. The number of para-hydroxylation sites is 1. The first kappa shape index (κ1) is 17.4. The van der Waals surface area contributed by atoms with Crippen molar-refractivity contribution in [3.63, 3.8) is 0 Å². The van der Waals surface area contributed by atoms with E-state index in [9.17, 15) is 0 Å². The van der Waals surface area contributed by atoms with Gasteiger partial charge in [-0.05, 0) is 69.5 Å². The number of hydrogen-bond acceptors (Lipinski definition) is 2. The number of likely N-dealkylation sites (tertiary alicyclic amines) is 1. The summed E-state index contributed by atoms with van der Waals surface area (Å²) in [6.45, 7) is 9.27. The van der Waals surface area contributed by atoms with Gasteiger partial charge in [0.15, 0.2) is 0 Å². The van der Waals surface area contributed by atoms with Crippen molar-refractivity contribution in [2.45, 2.75) is 64.1 Å². The number of nitrogens with zero attached hydrogens (tertiary/aromatic N) is 2. The van der Waals surface area contributed by atoms with Gasteiger partial charge in [0.1, 0.15) is 11.9 Å². The Morgan fingerprint density at radius 3 is 2.83 bits per heavy atom. The molecule has 3 heteroatoms. The maximum atomic E-state index is 7.07. The molecule has 0 unspecified atom stereocenters. The van der Waals surface area contributed by atoms with Gasteiger partial charge in [-0.3, -0.25) is 0 Å². The van der Waals surface area contributed by atoms with Crippen molar-refractivity contribution in [1.82, 2.24) is 9.47 Å². The highest BCUT2D eigenvalue weighted by Gasteiger charge is 2.70. The van der Waals surface area contributed by atoms with Crippen LogP contribution in [-0.4, -0.2) is 29.1 Å². The fourth-order valence-corrected chi connectivity index (χ4v) is 8.05. The number of rotatable bonds is 1. The Hall–Kier alpha value is -2.26. The molecule has 3 aromatic rings. The Morgan fingerprint density at radius 2 is 2.00 bits per heavy atom. The highest BCUT2D eigenvalue weighted by Crippen LogP contribution is 2.71. The zero-order valence-electron chi connectivity index (χ0n) is 18.5. The van der Waals surface area contributed by atoms with Gasteiger partial charge < -0.3 is 14.2 Å². The van der Waals surface area contributed by atoms with Gasteiger partial charge in [0.25, 0.3) is 0 Å². The zero-order chi connectivity index (χ0) is 20.4. The largest absolute Gasteiger partial charge is 0.483 e. The van der Waals surface area contributed by atoms with Gasteiger partial charge in [-0.25, -0.2) is 0 Å². The van der Waals surface area contributed by atoms with Crippen LogP contribution in [0.25, 0.3) is 10.9 Å². The summed E-state index contributed by atoms with van der Waals surface area (Å²) >= 11 is 0. The van der Waals surface area contributed by atoms with E-state index < -0.39 is 0 Å². The van der Waals surface area contributed by atoms with Crippen LogP contribution in [0.3, 0.4) is 0 Å². The second-order valence-electron chi connectivity index (χ2n) is 10.4. The molecule has 154 valence electrons. The molecule has 1 spiro atoms. The van der Waals surface area contributed by atoms with E-state index in [2.05, 4.69) is 73.7 Å². The predicted octanol–water partition coefficient (Wildman–Crippen LogP) is 5.16. The molecule has 1 fully saturated rings.